The molecule has 4 nitrogen and oxygen atoms in total. The van der Waals surface area contributed by atoms with Crippen LogP contribution in [-0.4, -0.2) is 11.7 Å². The number of carbonyl (C=O) groups is 1. The van der Waals surface area contributed by atoms with E-state index < -0.39 is 0 Å². The van der Waals surface area contributed by atoms with Crippen LogP contribution in [0.4, 0.5) is 0 Å². The molecule has 1 saturated carbocycles. The summed E-state index contributed by atoms with van der Waals surface area (Å²) in [5.74, 6) is -0.255. The van der Waals surface area contributed by atoms with Crippen LogP contribution in [0, 0.1) is 17.2 Å². The number of rotatable bonds is 1. The first-order valence-electron chi connectivity index (χ1n) is 5.35. The average Bonchev–Trinajstić information content (AvgIpc) is 2.16. The predicted octanol–water partition coefficient (Wildman–Crippen LogP) is 2.40. The van der Waals surface area contributed by atoms with Gasteiger partial charge in [0.05, 0.1) is 11.8 Å². The predicted molar refractivity (Wildman–Crippen MR) is 56.0 cm³/mol. The Morgan fingerprint density at radius 2 is 2.27 bits per heavy atom. The van der Waals surface area contributed by atoms with Crippen molar-refractivity contribution in [3.05, 3.63) is 0 Å². The standard InChI is InChI=1S/C11H16N2O2/c1-9(14)15-13-11-5-3-2-4-10(8-12)6-7-11/h10H,2-7H2,1H3/b13-11-. The summed E-state index contributed by atoms with van der Waals surface area (Å²) in [4.78, 5) is 15.2. The summed E-state index contributed by atoms with van der Waals surface area (Å²) in [5.41, 5.74) is 0.908. The topological polar surface area (TPSA) is 62.4 Å². The summed E-state index contributed by atoms with van der Waals surface area (Å²) in [6, 6.07) is 2.29. The minimum Gasteiger partial charge on any atom is -0.319 e. The maximum atomic E-state index is 10.6. The molecule has 0 spiro atoms. The van der Waals surface area contributed by atoms with Gasteiger partial charge in [0.15, 0.2) is 0 Å². The molecule has 4 heteroatoms. The molecule has 0 aromatic heterocycles. The van der Waals surface area contributed by atoms with Gasteiger partial charge in [-0.2, -0.15) is 5.26 Å². The maximum absolute atomic E-state index is 10.6. The van der Waals surface area contributed by atoms with Crippen molar-refractivity contribution in [2.75, 3.05) is 0 Å². The number of carbonyl (C=O) groups excluding carboxylic acids is 1. The van der Waals surface area contributed by atoms with Gasteiger partial charge < -0.3 is 4.84 Å². The summed E-state index contributed by atoms with van der Waals surface area (Å²) in [5, 5.41) is 12.6. The van der Waals surface area contributed by atoms with Gasteiger partial charge in [0, 0.05) is 12.8 Å². The van der Waals surface area contributed by atoms with Crippen LogP contribution in [0.25, 0.3) is 0 Å². The molecular weight excluding hydrogens is 192 g/mol. The quantitative estimate of drug-likeness (QED) is 0.491. The van der Waals surface area contributed by atoms with Crippen molar-refractivity contribution in [3.63, 3.8) is 0 Å². The molecule has 0 aromatic rings. The second kappa shape index (κ2) is 6.18. The Morgan fingerprint density at radius 1 is 1.47 bits per heavy atom. The van der Waals surface area contributed by atoms with Gasteiger partial charge >= 0.3 is 5.97 Å². The molecule has 0 aliphatic heterocycles. The van der Waals surface area contributed by atoms with Crippen LogP contribution in [0.5, 0.6) is 0 Å². The van der Waals surface area contributed by atoms with E-state index in [4.69, 9.17) is 5.26 Å². The van der Waals surface area contributed by atoms with Gasteiger partial charge in [-0.25, -0.2) is 4.79 Å². The highest BCUT2D eigenvalue weighted by molar-refractivity contribution is 5.84. The lowest BCUT2D eigenvalue weighted by molar-refractivity contribution is -0.141. The molecule has 1 aliphatic carbocycles. The van der Waals surface area contributed by atoms with E-state index in [1.165, 1.54) is 6.92 Å². The normalized spacial score (nSPS) is 25.1. The van der Waals surface area contributed by atoms with Crippen LogP contribution >= 0.6 is 0 Å². The molecule has 1 rings (SSSR count). The van der Waals surface area contributed by atoms with Crippen LogP contribution < -0.4 is 0 Å². The Labute approximate surface area is 89.9 Å². The lowest BCUT2D eigenvalue weighted by Gasteiger charge is -2.13. The van der Waals surface area contributed by atoms with Gasteiger partial charge in [0.25, 0.3) is 0 Å². The van der Waals surface area contributed by atoms with Gasteiger partial charge in [0.1, 0.15) is 0 Å². The Morgan fingerprint density at radius 3 is 2.93 bits per heavy atom. The number of nitrogens with zero attached hydrogens (tertiary/aromatic N) is 2. The zero-order chi connectivity index (χ0) is 11.1. The van der Waals surface area contributed by atoms with Crippen molar-refractivity contribution < 1.29 is 9.63 Å². The van der Waals surface area contributed by atoms with Crippen molar-refractivity contribution in [2.24, 2.45) is 11.1 Å². The SMILES string of the molecule is CC(=O)O/N=C1/CCCCC(C#N)CC1. The van der Waals surface area contributed by atoms with E-state index in [1.54, 1.807) is 0 Å². The molecule has 0 heterocycles. The monoisotopic (exact) mass is 208 g/mol. The van der Waals surface area contributed by atoms with E-state index in [0.717, 1.165) is 44.2 Å². The number of nitriles is 1. The van der Waals surface area contributed by atoms with Crippen molar-refractivity contribution >= 4 is 11.7 Å². The average molecular weight is 208 g/mol. The van der Waals surface area contributed by atoms with Crippen molar-refractivity contribution in [1.82, 2.24) is 0 Å². The van der Waals surface area contributed by atoms with E-state index in [2.05, 4.69) is 16.1 Å². The van der Waals surface area contributed by atoms with Crippen LogP contribution in [-0.2, 0) is 9.63 Å². The molecule has 1 atom stereocenters. The number of hydrogen-bond acceptors (Lipinski definition) is 4. The molecule has 15 heavy (non-hydrogen) atoms. The fourth-order valence-corrected chi connectivity index (χ4v) is 1.68. The molecule has 0 bridgehead atoms. The van der Waals surface area contributed by atoms with Gasteiger partial charge in [-0.3, -0.25) is 0 Å². The molecular formula is C11H16N2O2. The van der Waals surface area contributed by atoms with Crippen molar-refractivity contribution in [3.8, 4) is 6.07 Å². The molecule has 82 valence electrons. The smallest absolute Gasteiger partial charge is 0.319 e. The third-order valence-corrected chi connectivity index (χ3v) is 2.54. The first-order chi connectivity index (χ1) is 7.22. The highest BCUT2D eigenvalue weighted by Crippen LogP contribution is 2.20. The largest absolute Gasteiger partial charge is 0.331 e. The van der Waals surface area contributed by atoms with Crippen molar-refractivity contribution in [2.45, 2.75) is 45.4 Å². The summed E-state index contributed by atoms with van der Waals surface area (Å²) in [7, 11) is 0. The Hall–Kier alpha value is -1.37. The Bertz CT molecular complexity index is 291. The van der Waals surface area contributed by atoms with Crippen LogP contribution in [0.3, 0.4) is 0 Å². The summed E-state index contributed by atoms with van der Waals surface area (Å²) < 4.78 is 0. The third-order valence-electron chi connectivity index (χ3n) is 2.54. The van der Waals surface area contributed by atoms with Crippen LogP contribution in [0.2, 0.25) is 0 Å². The van der Waals surface area contributed by atoms with Gasteiger partial charge in [-0.1, -0.05) is 11.6 Å². The highest BCUT2D eigenvalue weighted by atomic mass is 16.7. The molecule has 0 amide bonds. The molecule has 1 unspecified atom stereocenters. The summed E-state index contributed by atoms with van der Waals surface area (Å²) in [6.07, 6.45) is 5.54. The zero-order valence-corrected chi connectivity index (χ0v) is 9.03. The fourth-order valence-electron chi connectivity index (χ4n) is 1.68. The van der Waals surface area contributed by atoms with Crippen LogP contribution in [0.1, 0.15) is 45.4 Å². The molecule has 0 radical (unpaired) electrons. The first kappa shape index (κ1) is 11.7. The van der Waals surface area contributed by atoms with E-state index >= 15 is 0 Å². The lowest BCUT2D eigenvalue weighted by Crippen LogP contribution is -2.09. The van der Waals surface area contributed by atoms with Gasteiger partial charge in [0.2, 0.25) is 0 Å². The van der Waals surface area contributed by atoms with E-state index in [-0.39, 0.29) is 11.9 Å². The second-order valence-corrected chi connectivity index (χ2v) is 3.85. The Kier molecular flexibility index (Phi) is 4.82. The Balaban J connectivity index is 2.48. The zero-order valence-electron chi connectivity index (χ0n) is 9.03. The molecule has 0 aromatic carbocycles. The van der Waals surface area contributed by atoms with E-state index in [1.807, 2.05) is 0 Å². The van der Waals surface area contributed by atoms with Gasteiger partial charge in [-0.05, 0) is 32.1 Å². The van der Waals surface area contributed by atoms with E-state index in [9.17, 15) is 4.79 Å². The highest BCUT2D eigenvalue weighted by Gasteiger charge is 2.13. The third kappa shape index (κ3) is 4.59. The summed E-state index contributed by atoms with van der Waals surface area (Å²) in [6.45, 7) is 1.34. The first-order valence-corrected chi connectivity index (χ1v) is 5.35. The summed E-state index contributed by atoms with van der Waals surface area (Å²) >= 11 is 0. The lowest BCUT2D eigenvalue weighted by atomic mass is 9.91. The fraction of sp³-hybridized carbons (Fsp3) is 0.727. The van der Waals surface area contributed by atoms with Crippen molar-refractivity contribution in [1.29, 1.82) is 5.26 Å². The molecule has 0 N–H and O–H groups in total. The van der Waals surface area contributed by atoms with E-state index in [0.29, 0.717) is 0 Å². The maximum Gasteiger partial charge on any atom is 0.331 e. The molecule has 1 aliphatic rings. The number of hydrogen-bond donors (Lipinski definition) is 0. The molecule has 0 saturated heterocycles. The minimum atomic E-state index is -0.388. The molecule has 1 fully saturated rings. The van der Waals surface area contributed by atoms with Crippen LogP contribution in [0.15, 0.2) is 5.16 Å². The number of oxime groups is 1. The minimum absolute atomic E-state index is 0.132. The second-order valence-electron chi connectivity index (χ2n) is 3.85. The van der Waals surface area contributed by atoms with Gasteiger partial charge in [-0.15, -0.1) is 0 Å².